The highest BCUT2D eigenvalue weighted by Gasteiger charge is 2.23. The quantitative estimate of drug-likeness (QED) is 0.540. The number of rotatable bonds is 8. The van der Waals surface area contributed by atoms with Crippen LogP contribution in [0.1, 0.15) is 27.0 Å². The molecule has 170 valence electrons. The number of anilines is 1. The van der Waals surface area contributed by atoms with Crippen LogP contribution < -0.4 is 10.2 Å². The van der Waals surface area contributed by atoms with Crippen LogP contribution in [0.5, 0.6) is 0 Å². The smallest absolute Gasteiger partial charge is 0.253 e. The number of benzene rings is 3. The van der Waals surface area contributed by atoms with Gasteiger partial charge in [-0.1, -0.05) is 66.7 Å². The summed E-state index contributed by atoms with van der Waals surface area (Å²) in [5, 5.41) is 2.91. The topological polar surface area (TPSA) is 52.6 Å². The number of hydrogen-bond acceptors (Lipinski definition) is 4. The lowest BCUT2D eigenvalue weighted by Crippen LogP contribution is -2.47. The van der Waals surface area contributed by atoms with E-state index in [0.717, 1.165) is 50.3 Å². The normalized spacial score (nSPS) is 15.1. The number of nitrogens with one attached hydrogen (secondary N) is 1. The Morgan fingerprint density at radius 2 is 1.58 bits per heavy atom. The Hall–Kier alpha value is -3.44. The zero-order valence-electron chi connectivity index (χ0n) is 19.1. The molecule has 1 atom stereocenters. The molecule has 0 aromatic heterocycles. The first-order valence-corrected chi connectivity index (χ1v) is 11.5. The third-order valence-corrected chi connectivity index (χ3v) is 6.30. The Labute approximate surface area is 196 Å². The van der Waals surface area contributed by atoms with Gasteiger partial charge in [-0.2, -0.15) is 0 Å². The van der Waals surface area contributed by atoms with Crippen LogP contribution in [0.25, 0.3) is 0 Å². The third kappa shape index (κ3) is 5.88. The van der Waals surface area contributed by atoms with Crippen molar-refractivity contribution in [3.8, 4) is 0 Å². The fourth-order valence-electron chi connectivity index (χ4n) is 4.36. The molecule has 0 bridgehead atoms. The lowest BCUT2D eigenvalue weighted by atomic mass is 10.1. The summed E-state index contributed by atoms with van der Waals surface area (Å²) in [5.41, 5.74) is 5.25. The number of aldehydes is 1. The van der Waals surface area contributed by atoms with Crippen molar-refractivity contribution in [2.45, 2.75) is 25.9 Å². The third-order valence-electron chi connectivity index (χ3n) is 6.30. The molecule has 1 saturated heterocycles. The fraction of sp³-hybridized carbons (Fsp3) is 0.286. The van der Waals surface area contributed by atoms with Crippen LogP contribution in [-0.2, 0) is 17.8 Å². The monoisotopic (exact) mass is 441 g/mol. The molecule has 1 N–H and O–H groups in total. The highest BCUT2D eigenvalue weighted by molar-refractivity contribution is 6.01. The van der Waals surface area contributed by atoms with Gasteiger partial charge < -0.3 is 15.0 Å². The van der Waals surface area contributed by atoms with Gasteiger partial charge in [-0.25, -0.2) is 0 Å². The lowest BCUT2D eigenvalue weighted by molar-refractivity contribution is -0.109. The number of carbonyl (C=O) groups is 2. The summed E-state index contributed by atoms with van der Waals surface area (Å²) >= 11 is 0. The lowest BCUT2D eigenvalue weighted by Gasteiger charge is -2.37. The molecule has 0 radical (unpaired) electrons. The minimum absolute atomic E-state index is 0.207. The van der Waals surface area contributed by atoms with E-state index in [4.69, 9.17) is 0 Å². The summed E-state index contributed by atoms with van der Waals surface area (Å²) in [6.45, 7) is 6.70. The molecule has 1 amide bonds. The first kappa shape index (κ1) is 22.7. The molecule has 1 aliphatic heterocycles. The van der Waals surface area contributed by atoms with Gasteiger partial charge in [-0.15, -0.1) is 0 Å². The first-order valence-electron chi connectivity index (χ1n) is 11.5. The van der Waals surface area contributed by atoms with E-state index in [1.165, 1.54) is 11.1 Å². The molecule has 1 heterocycles. The van der Waals surface area contributed by atoms with Crippen molar-refractivity contribution in [3.63, 3.8) is 0 Å². The fourth-order valence-corrected chi connectivity index (χ4v) is 4.36. The van der Waals surface area contributed by atoms with Crippen molar-refractivity contribution in [1.29, 1.82) is 0 Å². The van der Waals surface area contributed by atoms with Crippen LogP contribution in [0.15, 0.2) is 78.9 Å². The van der Waals surface area contributed by atoms with Crippen LogP contribution in [0, 0.1) is 6.92 Å². The second-order valence-corrected chi connectivity index (χ2v) is 8.61. The summed E-state index contributed by atoms with van der Waals surface area (Å²) in [4.78, 5) is 29.5. The van der Waals surface area contributed by atoms with Gasteiger partial charge >= 0.3 is 0 Å². The summed E-state index contributed by atoms with van der Waals surface area (Å²) < 4.78 is 0. The van der Waals surface area contributed by atoms with Crippen molar-refractivity contribution in [2.24, 2.45) is 0 Å². The average Bonchev–Trinajstić information content (AvgIpc) is 2.86. The molecular weight excluding hydrogens is 410 g/mol. The van der Waals surface area contributed by atoms with Gasteiger partial charge in [-0.05, 0) is 42.2 Å². The Morgan fingerprint density at radius 3 is 2.30 bits per heavy atom. The number of piperazine rings is 1. The van der Waals surface area contributed by atoms with Gasteiger partial charge in [0.15, 0.2) is 0 Å². The van der Waals surface area contributed by atoms with Gasteiger partial charge in [0.25, 0.3) is 5.91 Å². The standard InChI is InChI=1S/C28H31N3O2/c1-22-9-5-6-12-24(22)20-30-15-17-31(18-16-30)27-14-8-7-13-26(27)28(33)29-25(21-32)19-23-10-3-2-4-11-23/h2-14,21,25H,15-20H2,1H3,(H,29,33). The number of amides is 1. The Balaban J connectivity index is 1.39. The zero-order valence-corrected chi connectivity index (χ0v) is 19.1. The molecule has 1 unspecified atom stereocenters. The van der Waals surface area contributed by atoms with E-state index in [-0.39, 0.29) is 5.91 Å². The molecule has 3 aromatic rings. The summed E-state index contributed by atoms with van der Waals surface area (Å²) in [6.07, 6.45) is 1.30. The molecule has 4 rings (SSSR count). The summed E-state index contributed by atoms with van der Waals surface area (Å²) in [6, 6.07) is 25.4. The van der Waals surface area contributed by atoms with Crippen LogP contribution >= 0.6 is 0 Å². The maximum absolute atomic E-state index is 13.1. The second-order valence-electron chi connectivity index (χ2n) is 8.61. The second kappa shape index (κ2) is 10.9. The van der Waals surface area contributed by atoms with E-state index in [0.29, 0.717) is 12.0 Å². The van der Waals surface area contributed by atoms with Gasteiger partial charge in [0, 0.05) is 38.4 Å². The SMILES string of the molecule is Cc1ccccc1CN1CCN(c2ccccc2C(=O)NC(C=O)Cc2ccccc2)CC1. The van der Waals surface area contributed by atoms with Crippen molar-refractivity contribution in [3.05, 3.63) is 101 Å². The van der Waals surface area contributed by atoms with Gasteiger partial charge in [0.1, 0.15) is 6.29 Å². The zero-order chi connectivity index (χ0) is 23.0. The van der Waals surface area contributed by atoms with Gasteiger partial charge in [0.05, 0.1) is 11.6 Å². The molecule has 0 spiro atoms. The molecule has 33 heavy (non-hydrogen) atoms. The summed E-state index contributed by atoms with van der Waals surface area (Å²) in [7, 11) is 0. The Morgan fingerprint density at radius 1 is 0.909 bits per heavy atom. The molecule has 3 aromatic carbocycles. The number of carbonyl (C=O) groups excluding carboxylic acids is 2. The van der Waals surface area contributed by atoms with Gasteiger partial charge in [0.2, 0.25) is 0 Å². The van der Waals surface area contributed by atoms with E-state index in [1.54, 1.807) is 0 Å². The molecule has 0 aliphatic carbocycles. The maximum atomic E-state index is 13.1. The van der Waals surface area contributed by atoms with E-state index >= 15 is 0 Å². The molecule has 1 aliphatic rings. The van der Waals surface area contributed by atoms with E-state index < -0.39 is 6.04 Å². The van der Waals surface area contributed by atoms with Crippen molar-refractivity contribution in [2.75, 3.05) is 31.1 Å². The predicted molar refractivity (Wildman–Crippen MR) is 133 cm³/mol. The maximum Gasteiger partial charge on any atom is 0.253 e. The van der Waals surface area contributed by atoms with E-state index in [2.05, 4.69) is 46.3 Å². The number of aryl methyl sites for hydroxylation is 1. The summed E-state index contributed by atoms with van der Waals surface area (Å²) in [5.74, 6) is -0.207. The molecule has 0 saturated carbocycles. The number of nitrogens with zero attached hydrogens (tertiary/aromatic N) is 2. The van der Waals surface area contributed by atoms with Crippen molar-refractivity contribution in [1.82, 2.24) is 10.2 Å². The van der Waals surface area contributed by atoms with Crippen LogP contribution in [0.3, 0.4) is 0 Å². The molecule has 1 fully saturated rings. The largest absolute Gasteiger partial charge is 0.368 e. The number of para-hydroxylation sites is 1. The van der Waals surface area contributed by atoms with Crippen molar-refractivity contribution >= 4 is 17.9 Å². The predicted octanol–water partition coefficient (Wildman–Crippen LogP) is 3.86. The van der Waals surface area contributed by atoms with Crippen LogP contribution in [0.2, 0.25) is 0 Å². The van der Waals surface area contributed by atoms with Crippen LogP contribution in [0.4, 0.5) is 5.69 Å². The minimum atomic E-state index is -0.557. The number of hydrogen-bond donors (Lipinski definition) is 1. The van der Waals surface area contributed by atoms with E-state index in [1.807, 2.05) is 54.6 Å². The van der Waals surface area contributed by atoms with E-state index in [9.17, 15) is 9.59 Å². The molecular formula is C28H31N3O2. The molecule has 5 heteroatoms. The van der Waals surface area contributed by atoms with Crippen molar-refractivity contribution < 1.29 is 9.59 Å². The molecule has 5 nitrogen and oxygen atoms in total. The highest BCUT2D eigenvalue weighted by atomic mass is 16.2. The first-order chi connectivity index (χ1) is 16.1. The Bertz CT molecular complexity index is 1080. The highest BCUT2D eigenvalue weighted by Crippen LogP contribution is 2.23. The minimum Gasteiger partial charge on any atom is -0.368 e. The average molecular weight is 442 g/mol. The van der Waals surface area contributed by atoms with Crippen LogP contribution in [-0.4, -0.2) is 49.3 Å². The Kier molecular flexibility index (Phi) is 7.53. The van der Waals surface area contributed by atoms with Gasteiger partial charge in [-0.3, -0.25) is 9.69 Å².